The average molecular weight is 318 g/mol. The summed E-state index contributed by atoms with van der Waals surface area (Å²) in [5.41, 5.74) is 2.14. The number of rotatable bonds is 5. The molecule has 6 heteroatoms. The Balaban J connectivity index is 2.13. The standard InChI is InChI=1S/C17H22N2O4/c1-10(2)8-14(17(22)23-3)19-16(21)12-4-6-13-11(9-12)5-7-15(20)18-13/h4,6,9-10,14H,5,7-8H2,1-3H3,(H,18,20)(H,19,21)/t14-/m0/s1. The van der Waals surface area contributed by atoms with Crippen LogP contribution in [-0.4, -0.2) is 30.9 Å². The van der Waals surface area contributed by atoms with Gasteiger partial charge in [-0.1, -0.05) is 13.8 Å². The van der Waals surface area contributed by atoms with Crippen LogP contribution in [0.25, 0.3) is 0 Å². The van der Waals surface area contributed by atoms with Crippen LogP contribution < -0.4 is 10.6 Å². The van der Waals surface area contributed by atoms with Gasteiger partial charge in [-0.05, 0) is 42.5 Å². The van der Waals surface area contributed by atoms with Gasteiger partial charge < -0.3 is 15.4 Å². The molecule has 124 valence electrons. The van der Waals surface area contributed by atoms with E-state index in [0.717, 1.165) is 11.3 Å². The fraction of sp³-hybridized carbons (Fsp3) is 0.471. The first kappa shape index (κ1) is 17.0. The minimum absolute atomic E-state index is 0.0163. The Kier molecular flexibility index (Phi) is 5.36. The summed E-state index contributed by atoms with van der Waals surface area (Å²) in [4.78, 5) is 35.6. The molecule has 0 bridgehead atoms. The third-order valence-corrected chi connectivity index (χ3v) is 3.76. The zero-order chi connectivity index (χ0) is 17.0. The van der Waals surface area contributed by atoms with Gasteiger partial charge in [0.2, 0.25) is 5.91 Å². The van der Waals surface area contributed by atoms with Gasteiger partial charge in [0, 0.05) is 17.7 Å². The quantitative estimate of drug-likeness (QED) is 0.812. The Morgan fingerprint density at radius 3 is 2.70 bits per heavy atom. The van der Waals surface area contributed by atoms with E-state index in [-0.39, 0.29) is 17.7 Å². The summed E-state index contributed by atoms with van der Waals surface area (Å²) in [5.74, 6) is -0.534. The van der Waals surface area contributed by atoms with Crippen LogP contribution in [0.1, 0.15) is 42.6 Å². The van der Waals surface area contributed by atoms with Crippen molar-refractivity contribution in [1.29, 1.82) is 0 Å². The van der Waals surface area contributed by atoms with Gasteiger partial charge >= 0.3 is 5.97 Å². The number of anilines is 1. The lowest BCUT2D eigenvalue weighted by molar-refractivity contribution is -0.143. The summed E-state index contributed by atoms with van der Waals surface area (Å²) >= 11 is 0. The number of esters is 1. The first-order valence-corrected chi connectivity index (χ1v) is 7.72. The van der Waals surface area contributed by atoms with Crippen molar-refractivity contribution in [2.75, 3.05) is 12.4 Å². The summed E-state index contributed by atoms with van der Waals surface area (Å²) in [6.45, 7) is 3.95. The molecule has 0 radical (unpaired) electrons. The molecule has 2 N–H and O–H groups in total. The smallest absolute Gasteiger partial charge is 0.328 e. The molecule has 1 aromatic carbocycles. The zero-order valence-electron chi connectivity index (χ0n) is 13.6. The summed E-state index contributed by atoms with van der Waals surface area (Å²) < 4.78 is 4.75. The van der Waals surface area contributed by atoms with Gasteiger partial charge in [0.15, 0.2) is 0 Å². The van der Waals surface area contributed by atoms with E-state index in [0.29, 0.717) is 24.8 Å². The second-order valence-corrected chi connectivity index (χ2v) is 6.10. The van der Waals surface area contributed by atoms with Gasteiger partial charge in [-0.25, -0.2) is 4.79 Å². The molecule has 0 saturated carbocycles. The lowest BCUT2D eigenvalue weighted by Gasteiger charge is -2.20. The molecule has 2 amide bonds. The minimum Gasteiger partial charge on any atom is -0.467 e. The van der Waals surface area contributed by atoms with Crippen LogP contribution in [0.5, 0.6) is 0 Å². The summed E-state index contributed by atoms with van der Waals surface area (Å²) in [5, 5.41) is 5.51. The maximum absolute atomic E-state index is 12.4. The molecular formula is C17H22N2O4. The number of hydrogen-bond donors (Lipinski definition) is 2. The molecular weight excluding hydrogens is 296 g/mol. The predicted molar refractivity (Wildman–Crippen MR) is 86.1 cm³/mol. The third kappa shape index (κ3) is 4.31. The SMILES string of the molecule is COC(=O)[C@H](CC(C)C)NC(=O)c1ccc2c(c1)CCC(=O)N2. The fourth-order valence-electron chi connectivity index (χ4n) is 2.59. The van der Waals surface area contributed by atoms with Crippen LogP contribution in [0.15, 0.2) is 18.2 Å². The van der Waals surface area contributed by atoms with Crippen molar-refractivity contribution < 1.29 is 19.1 Å². The van der Waals surface area contributed by atoms with Crippen LogP contribution >= 0.6 is 0 Å². The highest BCUT2D eigenvalue weighted by molar-refractivity contribution is 5.99. The van der Waals surface area contributed by atoms with E-state index in [1.807, 2.05) is 13.8 Å². The van der Waals surface area contributed by atoms with Crippen molar-refractivity contribution in [1.82, 2.24) is 5.32 Å². The predicted octanol–water partition coefficient (Wildman–Crippen LogP) is 1.89. The first-order valence-electron chi connectivity index (χ1n) is 7.72. The lowest BCUT2D eigenvalue weighted by atomic mass is 9.99. The van der Waals surface area contributed by atoms with Crippen LogP contribution in [0, 0.1) is 5.92 Å². The Morgan fingerprint density at radius 1 is 1.30 bits per heavy atom. The number of fused-ring (bicyclic) bond motifs is 1. The number of ether oxygens (including phenoxy) is 1. The monoisotopic (exact) mass is 318 g/mol. The van der Waals surface area contributed by atoms with E-state index in [2.05, 4.69) is 10.6 Å². The van der Waals surface area contributed by atoms with Crippen molar-refractivity contribution in [3.8, 4) is 0 Å². The summed E-state index contributed by atoms with van der Waals surface area (Å²) in [6, 6.07) is 4.46. The summed E-state index contributed by atoms with van der Waals surface area (Å²) in [6.07, 6.45) is 1.53. The van der Waals surface area contributed by atoms with Gasteiger partial charge in [0.05, 0.1) is 7.11 Å². The van der Waals surface area contributed by atoms with E-state index in [1.165, 1.54) is 7.11 Å². The normalized spacial score (nSPS) is 14.7. The molecule has 0 aliphatic carbocycles. The molecule has 0 saturated heterocycles. The molecule has 2 rings (SSSR count). The lowest BCUT2D eigenvalue weighted by Crippen LogP contribution is -2.42. The second-order valence-electron chi connectivity index (χ2n) is 6.10. The van der Waals surface area contributed by atoms with Crippen molar-refractivity contribution >= 4 is 23.5 Å². The van der Waals surface area contributed by atoms with Gasteiger partial charge in [-0.15, -0.1) is 0 Å². The van der Waals surface area contributed by atoms with Gasteiger partial charge in [-0.2, -0.15) is 0 Å². The Labute approximate surface area is 135 Å². The van der Waals surface area contributed by atoms with Gasteiger partial charge in [0.25, 0.3) is 5.91 Å². The number of carbonyl (C=O) groups excluding carboxylic acids is 3. The highest BCUT2D eigenvalue weighted by Gasteiger charge is 2.24. The van der Waals surface area contributed by atoms with E-state index < -0.39 is 12.0 Å². The van der Waals surface area contributed by atoms with Gasteiger partial charge in [-0.3, -0.25) is 9.59 Å². The van der Waals surface area contributed by atoms with Crippen LogP contribution in [0.2, 0.25) is 0 Å². The molecule has 0 fully saturated rings. The Morgan fingerprint density at radius 2 is 2.04 bits per heavy atom. The number of hydrogen-bond acceptors (Lipinski definition) is 4. The molecule has 0 unspecified atom stereocenters. The molecule has 1 aliphatic heterocycles. The molecule has 1 aromatic rings. The largest absolute Gasteiger partial charge is 0.467 e. The molecule has 1 heterocycles. The number of nitrogens with one attached hydrogen (secondary N) is 2. The molecule has 6 nitrogen and oxygen atoms in total. The first-order chi connectivity index (χ1) is 10.9. The molecule has 23 heavy (non-hydrogen) atoms. The average Bonchev–Trinajstić information content (AvgIpc) is 2.52. The molecule has 0 spiro atoms. The molecule has 1 aliphatic rings. The maximum atomic E-state index is 12.4. The van der Waals surface area contributed by atoms with Crippen molar-refractivity contribution in [3.63, 3.8) is 0 Å². The number of amides is 2. The minimum atomic E-state index is -0.664. The summed E-state index contributed by atoms with van der Waals surface area (Å²) in [7, 11) is 1.31. The number of aryl methyl sites for hydroxylation is 1. The number of methoxy groups -OCH3 is 1. The molecule has 1 atom stereocenters. The van der Waals surface area contributed by atoms with E-state index >= 15 is 0 Å². The number of carbonyl (C=O) groups is 3. The Bertz CT molecular complexity index is 625. The van der Waals surface area contributed by atoms with E-state index in [1.54, 1.807) is 18.2 Å². The highest BCUT2D eigenvalue weighted by Crippen LogP contribution is 2.23. The van der Waals surface area contributed by atoms with Crippen molar-refractivity contribution in [2.24, 2.45) is 5.92 Å². The number of benzene rings is 1. The van der Waals surface area contributed by atoms with Crippen LogP contribution in [-0.2, 0) is 20.7 Å². The maximum Gasteiger partial charge on any atom is 0.328 e. The van der Waals surface area contributed by atoms with Crippen molar-refractivity contribution in [2.45, 2.75) is 39.2 Å². The van der Waals surface area contributed by atoms with Gasteiger partial charge in [0.1, 0.15) is 6.04 Å². The fourth-order valence-corrected chi connectivity index (χ4v) is 2.59. The van der Waals surface area contributed by atoms with Crippen LogP contribution in [0.3, 0.4) is 0 Å². The zero-order valence-corrected chi connectivity index (χ0v) is 13.6. The highest BCUT2D eigenvalue weighted by atomic mass is 16.5. The van der Waals surface area contributed by atoms with Crippen molar-refractivity contribution in [3.05, 3.63) is 29.3 Å². The van der Waals surface area contributed by atoms with E-state index in [9.17, 15) is 14.4 Å². The van der Waals surface area contributed by atoms with E-state index in [4.69, 9.17) is 4.74 Å². The molecule has 0 aromatic heterocycles. The van der Waals surface area contributed by atoms with Crippen LogP contribution in [0.4, 0.5) is 5.69 Å². The third-order valence-electron chi connectivity index (χ3n) is 3.76. The second kappa shape index (κ2) is 7.26. The Hall–Kier alpha value is -2.37. The topological polar surface area (TPSA) is 84.5 Å².